The van der Waals surface area contributed by atoms with Gasteiger partial charge in [0, 0.05) is 0 Å². The summed E-state index contributed by atoms with van der Waals surface area (Å²) in [7, 11) is 0. The van der Waals surface area contributed by atoms with Gasteiger partial charge in [0.1, 0.15) is 0 Å². The predicted molar refractivity (Wildman–Crippen MR) is 76.2 cm³/mol. The van der Waals surface area contributed by atoms with Crippen LogP contribution in [-0.2, 0) is 4.79 Å². The van der Waals surface area contributed by atoms with E-state index in [1.165, 1.54) is 4.90 Å². The Hall–Kier alpha value is -2.17. The van der Waals surface area contributed by atoms with E-state index in [2.05, 4.69) is 0 Å². The highest BCUT2D eigenvalue weighted by Crippen LogP contribution is 2.27. The lowest BCUT2D eigenvalue weighted by Gasteiger charge is -2.29. The van der Waals surface area contributed by atoms with Gasteiger partial charge in [-0.3, -0.25) is 9.69 Å². The Morgan fingerprint density at radius 1 is 0.950 bits per heavy atom. The minimum atomic E-state index is -0.962. The van der Waals surface area contributed by atoms with E-state index < -0.39 is 5.97 Å². The van der Waals surface area contributed by atoms with E-state index in [-0.39, 0.29) is 19.3 Å². The van der Waals surface area contributed by atoms with E-state index in [0.29, 0.717) is 0 Å². The zero-order chi connectivity index (χ0) is 14.4. The number of aliphatic hydroxyl groups is 1. The number of hydrogen-bond donors (Lipinski definition) is 2. The molecule has 0 unspecified atom stereocenters. The summed E-state index contributed by atoms with van der Waals surface area (Å²) < 4.78 is 0. The van der Waals surface area contributed by atoms with Crippen LogP contribution in [-0.4, -0.2) is 34.4 Å². The number of aliphatic carboxylic acids is 1. The van der Waals surface area contributed by atoms with Crippen LogP contribution in [0.5, 0.6) is 0 Å². The van der Waals surface area contributed by atoms with Crippen molar-refractivity contribution in [2.24, 2.45) is 0 Å². The fourth-order valence-corrected chi connectivity index (χ4v) is 2.28. The number of benzene rings is 2. The van der Waals surface area contributed by atoms with Gasteiger partial charge in [0.05, 0.1) is 19.3 Å². The summed E-state index contributed by atoms with van der Waals surface area (Å²) in [5, 5.41) is 18.5. The summed E-state index contributed by atoms with van der Waals surface area (Å²) in [4.78, 5) is 12.5. The highest BCUT2D eigenvalue weighted by molar-refractivity contribution is 5.69. The summed E-state index contributed by atoms with van der Waals surface area (Å²) in [6, 6.07) is 18.9. The molecule has 0 aliphatic heterocycles. The summed E-state index contributed by atoms with van der Waals surface area (Å²) in [5.41, 5.74) is 1.91. The molecule has 2 N–H and O–H groups in total. The first-order valence-corrected chi connectivity index (χ1v) is 6.39. The molecule has 0 heterocycles. The van der Waals surface area contributed by atoms with Crippen molar-refractivity contribution in [3.63, 3.8) is 0 Å². The van der Waals surface area contributed by atoms with E-state index in [0.717, 1.165) is 11.1 Å². The predicted octanol–water partition coefficient (Wildman–Crippen LogP) is 2.11. The van der Waals surface area contributed by atoms with Gasteiger partial charge in [0.25, 0.3) is 0 Å². The van der Waals surface area contributed by atoms with Crippen LogP contribution in [0.15, 0.2) is 60.7 Å². The molecule has 0 aliphatic carbocycles. The Morgan fingerprint density at radius 2 is 1.40 bits per heavy atom. The lowest BCUT2D eigenvalue weighted by molar-refractivity contribution is -0.140. The zero-order valence-electron chi connectivity index (χ0n) is 11.0. The molecule has 2 rings (SSSR count). The van der Waals surface area contributed by atoms with Gasteiger partial charge in [-0.2, -0.15) is 0 Å². The van der Waals surface area contributed by atoms with E-state index in [1.807, 2.05) is 60.7 Å². The number of carboxylic acids is 1. The number of aliphatic hydroxyl groups excluding tert-OH is 1. The summed E-state index contributed by atoms with van der Waals surface area (Å²) in [6.45, 7) is -0.536. The molecule has 0 atom stereocenters. The maximum absolute atomic E-state index is 11.0. The third-order valence-electron chi connectivity index (χ3n) is 3.12. The Labute approximate surface area is 117 Å². The molecule has 0 amide bonds. The highest BCUT2D eigenvalue weighted by Gasteiger charge is 2.23. The van der Waals surface area contributed by atoms with Crippen molar-refractivity contribution in [2.45, 2.75) is 6.04 Å². The molecule has 0 spiro atoms. The van der Waals surface area contributed by atoms with Crippen molar-refractivity contribution < 1.29 is 15.0 Å². The number of rotatable bonds is 6. The third-order valence-corrected chi connectivity index (χ3v) is 3.12. The van der Waals surface area contributed by atoms with E-state index in [4.69, 9.17) is 5.11 Å². The SMILES string of the molecule is O=C(O)CN(CO)C(c1ccccc1)c1ccccc1. The van der Waals surface area contributed by atoms with Crippen molar-refractivity contribution in [2.75, 3.05) is 13.3 Å². The minimum Gasteiger partial charge on any atom is -0.480 e. The largest absolute Gasteiger partial charge is 0.480 e. The summed E-state index contributed by atoms with van der Waals surface area (Å²) in [6.07, 6.45) is 0. The number of carbonyl (C=O) groups is 1. The first-order chi connectivity index (χ1) is 9.72. The van der Waals surface area contributed by atoms with Gasteiger partial charge in [-0.15, -0.1) is 0 Å². The molecule has 0 saturated carbocycles. The molecule has 0 radical (unpaired) electrons. The lowest BCUT2D eigenvalue weighted by atomic mass is 9.97. The monoisotopic (exact) mass is 271 g/mol. The van der Waals surface area contributed by atoms with Crippen LogP contribution in [0.4, 0.5) is 0 Å². The smallest absolute Gasteiger partial charge is 0.317 e. The molecule has 4 nitrogen and oxygen atoms in total. The van der Waals surface area contributed by atoms with E-state index in [9.17, 15) is 9.90 Å². The van der Waals surface area contributed by atoms with Crippen molar-refractivity contribution in [3.8, 4) is 0 Å². The van der Waals surface area contributed by atoms with Crippen molar-refractivity contribution >= 4 is 5.97 Å². The van der Waals surface area contributed by atoms with Crippen LogP contribution in [0.3, 0.4) is 0 Å². The Morgan fingerprint density at radius 3 is 1.75 bits per heavy atom. The molecule has 0 aliphatic rings. The highest BCUT2D eigenvalue weighted by atomic mass is 16.4. The van der Waals surface area contributed by atoms with Crippen LogP contribution >= 0.6 is 0 Å². The fourth-order valence-electron chi connectivity index (χ4n) is 2.28. The van der Waals surface area contributed by atoms with E-state index >= 15 is 0 Å². The normalized spacial score (nSPS) is 10.9. The Kier molecular flexibility index (Phi) is 4.87. The van der Waals surface area contributed by atoms with Gasteiger partial charge in [-0.25, -0.2) is 0 Å². The van der Waals surface area contributed by atoms with Gasteiger partial charge in [-0.05, 0) is 11.1 Å². The van der Waals surface area contributed by atoms with Gasteiger partial charge < -0.3 is 10.2 Å². The second kappa shape index (κ2) is 6.84. The maximum Gasteiger partial charge on any atom is 0.317 e. The minimum absolute atomic E-state index is 0.217. The average Bonchev–Trinajstić information content (AvgIpc) is 2.48. The van der Waals surface area contributed by atoms with Crippen molar-refractivity contribution in [1.82, 2.24) is 4.90 Å². The molecule has 2 aromatic carbocycles. The van der Waals surface area contributed by atoms with Gasteiger partial charge >= 0.3 is 5.97 Å². The molecular weight excluding hydrogens is 254 g/mol. The molecule has 2 aromatic rings. The third kappa shape index (κ3) is 3.44. The quantitative estimate of drug-likeness (QED) is 0.790. The molecule has 4 heteroatoms. The molecule has 0 fully saturated rings. The zero-order valence-corrected chi connectivity index (χ0v) is 11.0. The van der Waals surface area contributed by atoms with Gasteiger partial charge in [0.15, 0.2) is 0 Å². The number of carboxylic acid groups (broad SMARTS) is 1. The molecule has 20 heavy (non-hydrogen) atoms. The molecular formula is C16H17NO3. The standard InChI is InChI=1S/C16H17NO3/c18-12-17(11-15(19)20)16(13-7-3-1-4-8-13)14-9-5-2-6-10-14/h1-10,16,18H,11-12H2,(H,19,20). The maximum atomic E-state index is 11.0. The molecule has 0 aromatic heterocycles. The lowest BCUT2D eigenvalue weighted by Crippen LogP contribution is -2.35. The molecule has 104 valence electrons. The molecule has 0 bridgehead atoms. The van der Waals surface area contributed by atoms with Crippen LogP contribution in [0.25, 0.3) is 0 Å². The first-order valence-electron chi connectivity index (χ1n) is 6.39. The Bertz CT molecular complexity index is 503. The topological polar surface area (TPSA) is 60.8 Å². The summed E-state index contributed by atoms with van der Waals surface area (Å²) in [5.74, 6) is -0.962. The number of nitrogens with zero attached hydrogens (tertiary/aromatic N) is 1. The van der Waals surface area contributed by atoms with Crippen LogP contribution in [0, 0.1) is 0 Å². The van der Waals surface area contributed by atoms with Crippen molar-refractivity contribution in [1.29, 1.82) is 0 Å². The molecule has 0 saturated heterocycles. The Balaban J connectivity index is 2.41. The first kappa shape index (κ1) is 14.2. The van der Waals surface area contributed by atoms with Crippen LogP contribution in [0.1, 0.15) is 17.2 Å². The summed E-state index contributed by atoms with van der Waals surface area (Å²) >= 11 is 0. The van der Waals surface area contributed by atoms with E-state index in [1.54, 1.807) is 0 Å². The second-order valence-electron chi connectivity index (χ2n) is 4.51. The second-order valence-corrected chi connectivity index (χ2v) is 4.51. The average molecular weight is 271 g/mol. The van der Waals surface area contributed by atoms with Crippen LogP contribution < -0.4 is 0 Å². The fraction of sp³-hybridized carbons (Fsp3) is 0.188. The number of hydrogen-bond acceptors (Lipinski definition) is 3. The van der Waals surface area contributed by atoms with Crippen molar-refractivity contribution in [3.05, 3.63) is 71.8 Å². The van der Waals surface area contributed by atoms with Gasteiger partial charge in [-0.1, -0.05) is 60.7 Å². The van der Waals surface area contributed by atoms with Gasteiger partial charge in [0.2, 0.25) is 0 Å². The van der Waals surface area contributed by atoms with Crippen LogP contribution in [0.2, 0.25) is 0 Å².